The van der Waals surface area contributed by atoms with Gasteiger partial charge in [0.05, 0.1) is 5.69 Å². The van der Waals surface area contributed by atoms with Crippen molar-refractivity contribution in [2.75, 3.05) is 0 Å². The number of aryl methyl sites for hydroxylation is 1. The molecule has 1 aromatic rings. The summed E-state index contributed by atoms with van der Waals surface area (Å²) in [4.78, 5) is 4.81. The average Bonchev–Trinajstić information content (AvgIpc) is 2.67. The van der Waals surface area contributed by atoms with Crippen molar-refractivity contribution in [3.05, 3.63) is 17.2 Å². The molecule has 1 aromatic heterocycles. The number of hydrogen-bond donors (Lipinski definition) is 0. The minimum Gasteiger partial charge on any atom is -0.331 e. The maximum absolute atomic E-state index is 4.81. The van der Waals surface area contributed by atoms with Crippen LogP contribution in [0.2, 0.25) is 0 Å². The van der Waals surface area contributed by atoms with Gasteiger partial charge in [-0.05, 0) is 25.2 Å². The number of nitrogens with zero attached hydrogens (tertiary/aromatic N) is 2. The van der Waals surface area contributed by atoms with E-state index < -0.39 is 0 Å². The summed E-state index contributed by atoms with van der Waals surface area (Å²) in [5.41, 5.74) is 2.97. The second kappa shape index (κ2) is 2.85. The van der Waals surface area contributed by atoms with Crippen LogP contribution in [0.25, 0.3) is 0 Å². The van der Waals surface area contributed by atoms with Gasteiger partial charge in [0.25, 0.3) is 0 Å². The Labute approximate surface area is 85.3 Å². The zero-order valence-electron chi connectivity index (χ0n) is 9.08. The highest BCUT2D eigenvalue weighted by atomic mass is 15.1. The van der Waals surface area contributed by atoms with Crippen LogP contribution in [0, 0.1) is 5.92 Å². The van der Waals surface area contributed by atoms with Crippen molar-refractivity contribution in [1.29, 1.82) is 0 Å². The molecule has 0 bridgehead atoms. The monoisotopic (exact) mass is 190 g/mol. The van der Waals surface area contributed by atoms with Gasteiger partial charge in [-0.2, -0.15) is 0 Å². The molecule has 3 rings (SSSR count). The molecule has 1 aliphatic heterocycles. The third kappa shape index (κ3) is 1.06. The number of hydrogen-bond acceptors (Lipinski definition) is 1. The number of rotatable bonds is 0. The minimum atomic E-state index is 0.707. The van der Waals surface area contributed by atoms with Crippen LogP contribution in [0.15, 0.2) is 0 Å². The number of fused-ring (bicyclic) bond motifs is 3. The summed E-state index contributed by atoms with van der Waals surface area (Å²) < 4.78 is 2.51. The van der Waals surface area contributed by atoms with E-state index in [0.29, 0.717) is 5.92 Å². The molecule has 2 heteroatoms. The highest BCUT2D eigenvalue weighted by Gasteiger charge is 2.29. The van der Waals surface area contributed by atoms with Crippen LogP contribution in [0.5, 0.6) is 0 Å². The van der Waals surface area contributed by atoms with E-state index in [1.165, 1.54) is 43.7 Å². The third-order valence-electron chi connectivity index (χ3n) is 3.82. The molecule has 14 heavy (non-hydrogen) atoms. The Morgan fingerprint density at radius 3 is 2.93 bits per heavy atom. The molecule has 0 N–H and O–H groups in total. The van der Waals surface area contributed by atoms with Crippen molar-refractivity contribution in [3.63, 3.8) is 0 Å². The van der Waals surface area contributed by atoms with Gasteiger partial charge in [0.2, 0.25) is 0 Å². The molecular formula is C12H18N2. The molecule has 0 saturated heterocycles. The lowest BCUT2D eigenvalue weighted by molar-refractivity contribution is 0.386. The lowest BCUT2D eigenvalue weighted by Gasteiger charge is -2.21. The van der Waals surface area contributed by atoms with Crippen LogP contribution >= 0.6 is 0 Å². The first-order chi connectivity index (χ1) is 6.75. The Bertz CT molecular complexity index is 365. The molecule has 2 atom stereocenters. The van der Waals surface area contributed by atoms with Crippen molar-refractivity contribution in [3.8, 4) is 0 Å². The summed E-state index contributed by atoms with van der Waals surface area (Å²) in [6.45, 7) is 5.88. The normalized spacial score (nSPS) is 30.1. The lowest BCUT2D eigenvalue weighted by atomic mass is 10.0. The summed E-state index contributed by atoms with van der Waals surface area (Å²) in [7, 11) is 0. The predicted molar refractivity (Wildman–Crippen MR) is 56.4 cm³/mol. The Morgan fingerprint density at radius 1 is 1.21 bits per heavy atom. The highest BCUT2D eigenvalue weighted by Crippen LogP contribution is 2.35. The summed E-state index contributed by atoms with van der Waals surface area (Å²) in [6, 6.07) is 0. The van der Waals surface area contributed by atoms with Gasteiger partial charge in [-0.1, -0.05) is 13.8 Å². The largest absolute Gasteiger partial charge is 0.331 e. The van der Waals surface area contributed by atoms with Crippen LogP contribution in [0.3, 0.4) is 0 Å². The SMILES string of the molecule is CC1CCc2nc3c(n2C1)CCC3C. The minimum absolute atomic E-state index is 0.707. The first kappa shape index (κ1) is 8.51. The molecule has 0 aromatic carbocycles. The summed E-state index contributed by atoms with van der Waals surface area (Å²) in [5, 5.41) is 0. The van der Waals surface area contributed by atoms with Gasteiger partial charge < -0.3 is 4.57 Å². The van der Waals surface area contributed by atoms with Crippen LogP contribution in [0.4, 0.5) is 0 Å². The topological polar surface area (TPSA) is 17.8 Å². The maximum atomic E-state index is 4.81. The van der Waals surface area contributed by atoms with Gasteiger partial charge in [-0.3, -0.25) is 0 Å². The van der Waals surface area contributed by atoms with Crippen LogP contribution < -0.4 is 0 Å². The molecule has 0 radical (unpaired) electrons. The average molecular weight is 190 g/mol. The van der Waals surface area contributed by atoms with E-state index in [1.807, 2.05) is 0 Å². The van der Waals surface area contributed by atoms with Crippen molar-refractivity contribution in [1.82, 2.24) is 9.55 Å². The summed E-state index contributed by atoms with van der Waals surface area (Å²) >= 11 is 0. The third-order valence-corrected chi connectivity index (χ3v) is 3.82. The lowest BCUT2D eigenvalue weighted by Crippen LogP contribution is -2.19. The molecule has 0 fully saturated rings. The van der Waals surface area contributed by atoms with Crippen molar-refractivity contribution < 1.29 is 0 Å². The standard InChI is InChI=1S/C12H18N2/c1-8-3-6-11-13-12-9(2)4-5-10(12)14(11)7-8/h8-9H,3-7H2,1-2H3. The number of aromatic nitrogens is 2. The first-order valence-electron chi connectivity index (χ1n) is 5.84. The van der Waals surface area contributed by atoms with Crippen LogP contribution in [-0.2, 0) is 19.4 Å². The van der Waals surface area contributed by atoms with E-state index >= 15 is 0 Å². The molecule has 0 amide bonds. The fourth-order valence-corrected chi connectivity index (χ4v) is 2.89. The molecule has 0 spiro atoms. The van der Waals surface area contributed by atoms with Crippen molar-refractivity contribution >= 4 is 0 Å². The Kier molecular flexibility index (Phi) is 1.73. The van der Waals surface area contributed by atoms with E-state index in [4.69, 9.17) is 4.98 Å². The summed E-state index contributed by atoms with van der Waals surface area (Å²) in [6.07, 6.45) is 5.09. The fraction of sp³-hybridized carbons (Fsp3) is 0.750. The second-order valence-electron chi connectivity index (χ2n) is 5.05. The Balaban J connectivity index is 2.07. The van der Waals surface area contributed by atoms with Gasteiger partial charge in [0.15, 0.2) is 0 Å². The van der Waals surface area contributed by atoms with E-state index in [9.17, 15) is 0 Å². The molecule has 0 saturated carbocycles. The van der Waals surface area contributed by atoms with Gasteiger partial charge >= 0.3 is 0 Å². The highest BCUT2D eigenvalue weighted by molar-refractivity contribution is 5.27. The molecule has 2 nitrogen and oxygen atoms in total. The van der Waals surface area contributed by atoms with E-state index in [-0.39, 0.29) is 0 Å². The van der Waals surface area contributed by atoms with E-state index in [1.54, 1.807) is 5.69 Å². The van der Waals surface area contributed by atoms with Crippen LogP contribution in [-0.4, -0.2) is 9.55 Å². The summed E-state index contributed by atoms with van der Waals surface area (Å²) in [5.74, 6) is 2.91. The van der Waals surface area contributed by atoms with Crippen molar-refractivity contribution in [2.24, 2.45) is 5.92 Å². The molecule has 2 unspecified atom stereocenters. The zero-order chi connectivity index (χ0) is 9.71. The van der Waals surface area contributed by atoms with Gasteiger partial charge in [-0.15, -0.1) is 0 Å². The van der Waals surface area contributed by atoms with Gasteiger partial charge in [0.1, 0.15) is 5.82 Å². The molecule has 2 heterocycles. The molecule has 76 valence electrons. The smallest absolute Gasteiger partial charge is 0.109 e. The van der Waals surface area contributed by atoms with E-state index in [0.717, 1.165) is 5.92 Å². The predicted octanol–water partition coefficient (Wildman–Crippen LogP) is 2.52. The second-order valence-corrected chi connectivity index (χ2v) is 5.05. The van der Waals surface area contributed by atoms with Crippen LogP contribution in [0.1, 0.15) is 49.8 Å². The van der Waals surface area contributed by atoms with E-state index in [2.05, 4.69) is 18.4 Å². The zero-order valence-corrected chi connectivity index (χ0v) is 9.08. The Hall–Kier alpha value is -0.790. The molecule has 2 aliphatic rings. The number of imidazole rings is 1. The molecular weight excluding hydrogens is 172 g/mol. The quantitative estimate of drug-likeness (QED) is 0.614. The van der Waals surface area contributed by atoms with Gasteiger partial charge in [-0.25, -0.2) is 4.98 Å². The Morgan fingerprint density at radius 2 is 2.07 bits per heavy atom. The molecule has 1 aliphatic carbocycles. The van der Waals surface area contributed by atoms with Crippen molar-refractivity contribution in [2.45, 2.75) is 52.0 Å². The van der Waals surface area contributed by atoms with Gasteiger partial charge in [0, 0.05) is 24.6 Å². The fourth-order valence-electron chi connectivity index (χ4n) is 2.89. The first-order valence-corrected chi connectivity index (χ1v) is 5.84. The maximum Gasteiger partial charge on any atom is 0.109 e.